The van der Waals surface area contributed by atoms with Crippen LogP contribution in [0, 0.1) is 6.92 Å². The minimum Gasteiger partial charge on any atom is -0.497 e. The van der Waals surface area contributed by atoms with Crippen molar-refractivity contribution in [2.45, 2.75) is 13.5 Å². The summed E-state index contributed by atoms with van der Waals surface area (Å²) in [5, 5.41) is 2.65. The van der Waals surface area contributed by atoms with Crippen LogP contribution in [0.5, 0.6) is 11.5 Å². The second-order valence-electron chi connectivity index (χ2n) is 8.13. The minimum absolute atomic E-state index is 0.155. The van der Waals surface area contributed by atoms with E-state index in [0.29, 0.717) is 22.7 Å². The molecule has 190 valence electrons. The van der Waals surface area contributed by atoms with E-state index in [9.17, 15) is 14.4 Å². The molecule has 3 aromatic carbocycles. The number of carbonyl (C=O) groups excluding carboxylic acids is 3. The highest BCUT2D eigenvalue weighted by atomic mass is 35.5. The predicted molar refractivity (Wildman–Crippen MR) is 146 cm³/mol. The summed E-state index contributed by atoms with van der Waals surface area (Å²) in [6.07, 6.45) is 1.51. The van der Waals surface area contributed by atoms with E-state index in [2.05, 4.69) is 5.32 Å². The number of thioether (sulfide) groups is 1. The molecule has 0 saturated carbocycles. The van der Waals surface area contributed by atoms with Crippen LogP contribution >= 0.6 is 35.0 Å². The molecule has 0 aromatic heterocycles. The van der Waals surface area contributed by atoms with Crippen molar-refractivity contribution in [2.24, 2.45) is 0 Å². The van der Waals surface area contributed by atoms with Crippen molar-refractivity contribution < 1.29 is 23.9 Å². The molecule has 0 unspecified atom stereocenters. The van der Waals surface area contributed by atoms with Gasteiger partial charge in [-0.05, 0) is 72.3 Å². The van der Waals surface area contributed by atoms with Gasteiger partial charge >= 0.3 is 0 Å². The number of carbonyl (C=O) groups is 3. The van der Waals surface area contributed by atoms with Gasteiger partial charge in [0, 0.05) is 5.69 Å². The van der Waals surface area contributed by atoms with Gasteiger partial charge < -0.3 is 14.8 Å². The first-order chi connectivity index (χ1) is 17.7. The molecule has 1 heterocycles. The highest BCUT2D eigenvalue weighted by Gasteiger charge is 2.36. The Balaban J connectivity index is 1.41. The Morgan fingerprint density at radius 1 is 1.03 bits per heavy atom. The van der Waals surface area contributed by atoms with Gasteiger partial charge in [0.1, 0.15) is 18.9 Å². The number of benzene rings is 3. The van der Waals surface area contributed by atoms with Crippen LogP contribution in [0.1, 0.15) is 16.7 Å². The number of anilines is 1. The molecule has 0 radical (unpaired) electrons. The number of rotatable bonds is 8. The first kappa shape index (κ1) is 26.6. The summed E-state index contributed by atoms with van der Waals surface area (Å²) in [6, 6.07) is 17.8. The predicted octanol–water partition coefficient (Wildman–Crippen LogP) is 6.56. The summed E-state index contributed by atoms with van der Waals surface area (Å²) in [5.41, 5.74) is 3.14. The lowest BCUT2D eigenvalue weighted by Gasteiger charge is -2.13. The highest BCUT2D eigenvalue weighted by molar-refractivity contribution is 8.18. The molecule has 1 fully saturated rings. The van der Waals surface area contributed by atoms with Crippen LogP contribution in [0.25, 0.3) is 6.08 Å². The summed E-state index contributed by atoms with van der Waals surface area (Å²) in [6.45, 7) is 1.88. The topological polar surface area (TPSA) is 84.9 Å². The lowest BCUT2D eigenvalue weighted by atomic mass is 10.1. The van der Waals surface area contributed by atoms with Crippen molar-refractivity contribution >= 4 is 63.8 Å². The van der Waals surface area contributed by atoms with E-state index in [4.69, 9.17) is 32.7 Å². The number of aryl methyl sites for hydroxylation is 1. The van der Waals surface area contributed by atoms with Gasteiger partial charge in [-0.2, -0.15) is 0 Å². The average molecular weight is 557 g/mol. The zero-order valence-corrected chi connectivity index (χ0v) is 22.2. The van der Waals surface area contributed by atoms with Gasteiger partial charge in [0.05, 0.1) is 22.1 Å². The van der Waals surface area contributed by atoms with E-state index >= 15 is 0 Å². The van der Waals surface area contributed by atoms with Crippen LogP contribution in [0.15, 0.2) is 65.6 Å². The van der Waals surface area contributed by atoms with Gasteiger partial charge in [-0.15, -0.1) is 0 Å². The van der Waals surface area contributed by atoms with Gasteiger partial charge in [0.2, 0.25) is 5.91 Å². The maximum Gasteiger partial charge on any atom is 0.294 e. The molecule has 0 aliphatic carbocycles. The van der Waals surface area contributed by atoms with Gasteiger partial charge in [0.15, 0.2) is 5.75 Å². The molecule has 4 rings (SSSR count). The van der Waals surface area contributed by atoms with Crippen molar-refractivity contribution in [2.75, 3.05) is 19.0 Å². The van der Waals surface area contributed by atoms with Crippen LogP contribution in [0.2, 0.25) is 10.0 Å². The maximum atomic E-state index is 12.8. The fourth-order valence-corrected chi connectivity index (χ4v) is 4.90. The van der Waals surface area contributed by atoms with Crippen molar-refractivity contribution in [1.29, 1.82) is 0 Å². The first-order valence-corrected chi connectivity index (χ1v) is 12.7. The first-order valence-electron chi connectivity index (χ1n) is 11.1. The SMILES string of the molecule is COc1ccc(NC(=O)CN2C(=O)S/C(=C/c3cc(Cl)c(OCc4ccc(C)cc4)c(Cl)c3)C2=O)cc1. The molecule has 1 N–H and O–H groups in total. The summed E-state index contributed by atoms with van der Waals surface area (Å²) in [5.74, 6) is -0.119. The summed E-state index contributed by atoms with van der Waals surface area (Å²) < 4.78 is 10.9. The van der Waals surface area contributed by atoms with Crippen molar-refractivity contribution in [1.82, 2.24) is 4.90 Å². The average Bonchev–Trinajstić information content (AvgIpc) is 3.12. The van der Waals surface area contributed by atoms with E-state index in [-0.39, 0.29) is 21.6 Å². The number of hydrogen-bond donors (Lipinski definition) is 1. The normalized spacial score (nSPS) is 14.3. The largest absolute Gasteiger partial charge is 0.497 e. The van der Waals surface area contributed by atoms with Crippen molar-refractivity contribution in [3.63, 3.8) is 0 Å². The summed E-state index contributed by atoms with van der Waals surface area (Å²) in [7, 11) is 1.54. The van der Waals surface area contributed by atoms with Crippen LogP contribution < -0.4 is 14.8 Å². The molecule has 7 nitrogen and oxygen atoms in total. The van der Waals surface area contributed by atoms with Gasteiger partial charge in [0.25, 0.3) is 11.1 Å². The van der Waals surface area contributed by atoms with E-state index in [1.807, 2.05) is 31.2 Å². The van der Waals surface area contributed by atoms with Gasteiger partial charge in [-0.25, -0.2) is 0 Å². The monoisotopic (exact) mass is 556 g/mol. The van der Waals surface area contributed by atoms with Crippen LogP contribution in [0.4, 0.5) is 10.5 Å². The van der Waals surface area contributed by atoms with E-state index in [1.54, 1.807) is 36.4 Å². The lowest BCUT2D eigenvalue weighted by molar-refractivity contribution is -0.127. The molecule has 37 heavy (non-hydrogen) atoms. The van der Waals surface area contributed by atoms with Crippen LogP contribution in [0.3, 0.4) is 0 Å². The molecule has 10 heteroatoms. The Hall–Kier alpha value is -3.46. The Labute approximate surface area is 228 Å². The molecule has 0 atom stereocenters. The standard InChI is InChI=1S/C27H22Cl2N2O5S/c1-16-3-5-17(6-4-16)15-36-25-21(28)11-18(12-22(25)29)13-23-26(33)31(27(34)37-23)14-24(32)30-19-7-9-20(35-2)10-8-19/h3-13H,14-15H2,1-2H3,(H,30,32)/b23-13+. The minimum atomic E-state index is -0.577. The maximum absolute atomic E-state index is 12.8. The molecule has 1 saturated heterocycles. The molecule has 3 aromatic rings. The number of halogens is 2. The number of ether oxygens (including phenoxy) is 2. The lowest BCUT2D eigenvalue weighted by Crippen LogP contribution is -2.36. The third-order valence-corrected chi connectivity index (χ3v) is 6.84. The van der Waals surface area contributed by atoms with E-state index in [0.717, 1.165) is 27.8 Å². The number of amides is 3. The smallest absolute Gasteiger partial charge is 0.294 e. The zero-order chi connectivity index (χ0) is 26.5. The molecule has 3 amide bonds. The molecule has 1 aliphatic heterocycles. The fourth-order valence-electron chi connectivity index (χ4n) is 3.45. The second kappa shape index (κ2) is 11.7. The number of nitrogens with zero attached hydrogens (tertiary/aromatic N) is 1. The van der Waals surface area contributed by atoms with Gasteiger partial charge in [-0.3, -0.25) is 19.3 Å². The van der Waals surface area contributed by atoms with Crippen molar-refractivity contribution in [3.05, 3.63) is 92.3 Å². The molecule has 0 bridgehead atoms. The molecular formula is C27H22Cl2N2O5S. The van der Waals surface area contributed by atoms with Crippen LogP contribution in [-0.2, 0) is 16.2 Å². The van der Waals surface area contributed by atoms with E-state index < -0.39 is 23.6 Å². The number of methoxy groups -OCH3 is 1. The van der Waals surface area contributed by atoms with Crippen molar-refractivity contribution in [3.8, 4) is 11.5 Å². The van der Waals surface area contributed by atoms with Gasteiger partial charge in [-0.1, -0.05) is 53.0 Å². The second-order valence-corrected chi connectivity index (χ2v) is 9.94. The molecule has 0 spiro atoms. The number of hydrogen-bond acceptors (Lipinski definition) is 6. The Kier molecular flexibility index (Phi) is 8.43. The number of imide groups is 1. The number of nitrogens with one attached hydrogen (secondary N) is 1. The Morgan fingerprint density at radius 2 is 1.68 bits per heavy atom. The zero-order valence-electron chi connectivity index (χ0n) is 19.9. The quantitative estimate of drug-likeness (QED) is 0.316. The van der Waals surface area contributed by atoms with Crippen LogP contribution in [-0.4, -0.2) is 35.6 Å². The fraction of sp³-hybridized carbons (Fsp3) is 0.148. The molecular weight excluding hydrogens is 535 g/mol. The Bertz CT molecular complexity index is 1350. The Morgan fingerprint density at radius 3 is 2.30 bits per heavy atom. The highest BCUT2D eigenvalue weighted by Crippen LogP contribution is 2.37. The summed E-state index contributed by atoms with van der Waals surface area (Å²) >= 11 is 13.5. The third-order valence-electron chi connectivity index (χ3n) is 5.37. The summed E-state index contributed by atoms with van der Waals surface area (Å²) in [4.78, 5) is 38.7. The third kappa shape index (κ3) is 6.65. The van der Waals surface area contributed by atoms with E-state index in [1.165, 1.54) is 13.2 Å². The molecule has 1 aliphatic rings.